The van der Waals surface area contributed by atoms with E-state index in [1.807, 2.05) is 17.7 Å². The lowest BCUT2D eigenvalue weighted by Gasteiger charge is -2.05. The van der Waals surface area contributed by atoms with Crippen LogP contribution in [0.25, 0.3) is 11.6 Å². The van der Waals surface area contributed by atoms with Crippen LogP contribution in [0.15, 0.2) is 17.0 Å². The van der Waals surface area contributed by atoms with Crippen molar-refractivity contribution in [2.75, 3.05) is 13.7 Å². The largest absolute Gasteiger partial charge is 0.373 e. The Morgan fingerprint density at radius 3 is 3.06 bits per heavy atom. The second-order valence-corrected chi connectivity index (χ2v) is 3.88. The summed E-state index contributed by atoms with van der Waals surface area (Å²) in [6, 6.07) is 0. The summed E-state index contributed by atoms with van der Waals surface area (Å²) in [7, 11) is 1.63. The van der Waals surface area contributed by atoms with Gasteiger partial charge >= 0.3 is 0 Å². The van der Waals surface area contributed by atoms with Crippen molar-refractivity contribution in [2.45, 2.75) is 26.0 Å². The predicted molar refractivity (Wildman–Crippen MR) is 64.6 cm³/mol. The second-order valence-electron chi connectivity index (χ2n) is 3.88. The van der Waals surface area contributed by atoms with E-state index >= 15 is 0 Å². The molecule has 1 unspecified atom stereocenters. The zero-order chi connectivity index (χ0) is 13.0. The number of nitrogens with two attached hydrogens (primary N) is 1. The zero-order valence-corrected chi connectivity index (χ0v) is 10.5. The van der Waals surface area contributed by atoms with E-state index in [-0.39, 0.29) is 6.10 Å². The SMILES string of the molecule is CCC(OC)c1noc(-c2cn(CCN)cn2)n1. The zero-order valence-electron chi connectivity index (χ0n) is 10.5. The van der Waals surface area contributed by atoms with E-state index in [2.05, 4.69) is 15.1 Å². The summed E-state index contributed by atoms with van der Waals surface area (Å²) in [5, 5.41) is 3.90. The Morgan fingerprint density at radius 2 is 2.39 bits per heavy atom. The van der Waals surface area contributed by atoms with Crippen LogP contribution in [-0.4, -0.2) is 33.3 Å². The Bertz CT molecular complexity index is 489. The molecule has 0 aliphatic heterocycles. The van der Waals surface area contributed by atoms with Crippen molar-refractivity contribution in [1.82, 2.24) is 19.7 Å². The van der Waals surface area contributed by atoms with Gasteiger partial charge in [0.15, 0.2) is 0 Å². The summed E-state index contributed by atoms with van der Waals surface area (Å²) in [6.45, 7) is 3.27. The molecular formula is C11H17N5O2. The molecule has 7 nitrogen and oxygen atoms in total. The first-order valence-electron chi connectivity index (χ1n) is 5.87. The average molecular weight is 251 g/mol. The Kier molecular flexibility index (Phi) is 4.06. The first kappa shape index (κ1) is 12.7. The number of aromatic nitrogens is 4. The van der Waals surface area contributed by atoms with Gasteiger partial charge in [0.1, 0.15) is 11.8 Å². The highest BCUT2D eigenvalue weighted by Gasteiger charge is 2.17. The molecule has 2 N–H and O–H groups in total. The molecule has 98 valence electrons. The van der Waals surface area contributed by atoms with Crippen LogP contribution in [0.1, 0.15) is 25.3 Å². The summed E-state index contributed by atoms with van der Waals surface area (Å²) in [4.78, 5) is 8.49. The van der Waals surface area contributed by atoms with Crippen LogP contribution in [0.2, 0.25) is 0 Å². The maximum atomic E-state index is 5.47. The van der Waals surface area contributed by atoms with Crippen molar-refractivity contribution in [3.05, 3.63) is 18.3 Å². The summed E-state index contributed by atoms with van der Waals surface area (Å²) in [5.41, 5.74) is 6.12. The van der Waals surface area contributed by atoms with Crippen LogP contribution in [-0.2, 0) is 11.3 Å². The van der Waals surface area contributed by atoms with Gasteiger partial charge < -0.3 is 19.6 Å². The number of hydrogen-bond acceptors (Lipinski definition) is 6. The third-order valence-corrected chi connectivity index (χ3v) is 2.62. The lowest BCUT2D eigenvalue weighted by atomic mass is 10.2. The van der Waals surface area contributed by atoms with Gasteiger partial charge in [0, 0.05) is 26.4 Å². The van der Waals surface area contributed by atoms with Crippen molar-refractivity contribution >= 4 is 0 Å². The molecule has 0 fully saturated rings. The van der Waals surface area contributed by atoms with Gasteiger partial charge in [-0.2, -0.15) is 4.98 Å². The molecular weight excluding hydrogens is 234 g/mol. The average Bonchev–Trinajstić information content (AvgIpc) is 3.00. The third kappa shape index (κ3) is 2.57. The first-order valence-corrected chi connectivity index (χ1v) is 5.87. The fourth-order valence-corrected chi connectivity index (χ4v) is 1.67. The Hall–Kier alpha value is -1.73. The normalized spacial score (nSPS) is 12.8. The number of imidazole rings is 1. The van der Waals surface area contributed by atoms with E-state index in [1.54, 1.807) is 13.4 Å². The first-order chi connectivity index (χ1) is 8.78. The highest BCUT2D eigenvalue weighted by atomic mass is 16.5. The smallest absolute Gasteiger partial charge is 0.278 e. The highest BCUT2D eigenvalue weighted by Crippen LogP contribution is 2.21. The van der Waals surface area contributed by atoms with Crippen molar-refractivity contribution in [3.8, 4) is 11.6 Å². The Balaban J connectivity index is 2.17. The van der Waals surface area contributed by atoms with E-state index in [4.69, 9.17) is 15.0 Å². The summed E-state index contributed by atoms with van der Waals surface area (Å²) >= 11 is 0. The van der Waals surface area contributed by atoms with E-state index < -0.39 is 0 Å². The fourth-order valence-electron chi connectivity index (χ4n) is 1.67. The van der Waals surface area contributed by atoms with Gasteiger partial charge in [0.25, 0.3) is 5.89 Å². The van der Waals surface area contributed by atoms with E-state index in [0.29, 0.717) is 30.5 Å². The minimum Gasteiger partial charge on any atom is -0.373 e. The quantitative estimate of drug-likeness (QED) is 0.823. The molecule has 0 saturated carbocycles. The van der Waals surface area contributed by atoms with Gasteiger partial charge in [0.2, 0.25) is 5.82 Å². The van der Waals surface area contributed by atoms with Crippen molar-refractivity contribution < 1.29 is 9.26 Å². The number of nitrogens with zero attached hydrogens (tertiary/aromatic N) is 4. The maximum Gasteiger partial charge on any atom is 0.278 e. The van der Waals surface area contributed by atoms with E-state index in [1.165, 1.54) is 0 Å². The Morgan fingerprint density at radius 1 is 1.56 bits per heavy atom. The molecule has 0 aromatic carbocycles. The lowest BCUT2D eigenvalue weighted by Crippen LogP contribution is -2.07. The van der Waals surface area contributed by atoms with Crippen LogP contribution in [0.5, 0.6) is 0 Å². The molecule has 2 heterocycles. The molecule has 0 spiro atoms. The molecule has 7 heteroatoms. The standard InChI is InChI=1S/C11H17N5O2/c1-3-9(17-2)10-14-11(18-15-10)8-6-16(5-4-12)7-13-8/h6-7,9H,3-5,12H2,1-2H3. The van der Waals surface area contributed by atoms with Crippen molar-refractivity contribution in [3.63, 3.8) is 0 Å². The summed E-state index contributed by atoms with van der Waals surface area (Å²) < 4.78 is 12.3. The Labute approximate surface area is 105 Å². The fraction of sp³-hybridized carbons (Fsp3) is 0.545. The van der Waals surface area contributed by atoms with Crippen LogP contribution >= 0.6 is 0 Å². The number of rotatable bonds is 6. The molecule has 0 saturated heterocycles. The molecule has 0 radical (unpaired) electrons. The highest BCUT2D eigenvalue weighted by molar-refractivity contribution is 5.44. The van der Waals surface area contributed by atoms with Gasteiger partial charge in [-0.25, -0.2) is 4.98 Å². The molecule has 0 amide bonds. The van der Waals surface area contributed by atoms with Gasteiger partial charge in [-0.15, -0.1) is 0 Å². The minimum absolute atomic E-state index is 0.145. The summed E-state index contributed by atoms with van der Waals surface area (Å²) in [6.07, 6.45) is 4.17. The van der Waals surface area contributed by atoms with E-state index in [0.717, 1.165) is 6.42 Å². The van der Waals surface area contributed by atoms with Gasteiger partial charge in [-0.3, -0.25) is 0 Å². The van der Waals surface area contributed by atoms with Crippen molar-refractivity contribution in [1.29, 1.82) is 0 Å². The molecule has 0 aliphatic rings. The lowest BCUT2D eigenvalue weighted by molar-refractivity contribution is 0.0903. The second kappa shape index (κ2) is 5.74. The molecule has 18 heavy (non-hydrogen) atoms. The molecule has 0 bridgehead atoms. The van der Waals surface area contributed by atoms with Gasteiger partial charge in [-0.05, 0) is 6.42 Å². The van der Waals surface area contributed by atoms with Crippen LogP contribution in [0.4, 0.5) is 0 Å². The molecule has 0 aliphatic carbocycles. The minimum atomic E-state index is -0.145. The van der Waals surface area contributed by atoms with Crippen molar-refractivity contribution in [2.24, 2.45) is 5.73 Å². The predicted octanol–water partition coefficient (Wildman–Crippen LogP) is 0.989. The van der Waals surface area contributed by atoms with Crippen LogP contribution in [0.3, 0.4) is 0 Å². The molecule has 2 aromatic rings. The molecule has 2 aromatic heterocycles. The number of methoxy groups -OCH3 is 1. The third-order valence-electron chi connectivity index (χ3n) is 2.62. The number of ether oxygens (including phenoxy) is 1. The maximum absolute atomic E-state index is 5.47. The van der Waals surface area contributed by atoms with Gasteiger partial charge in [0.05, 0.1) is 6.33 Å². The summed E-state index contributed by atoms with van der Waals surface area (Å²) in [5.74, 6) is 0.944. The van der Waals surface area contributed by atoms with Crippen LogP contribution < -0.4 is 5.73 Å². The topological polar surface area (TPSA) is 92.0 Å². The molecule has 1 atom stereocenters. The molecule has 2 rings (SSSR count). The van der Waals surface area contributed by atoms with Gasteiger partial charge in [-0.1, -0.05) is 12.1 Å². The number of hydrogen-bond donors (Lipinski definition) is 1. The van der Waals surface area contributed by atoms with Crippen LogP contribution in [0, 0.1) is 0 Å². The van der Waals surface area contributed by atoms with E-state index in [9.17, 15) is 0 Å². The monoisotopic (exact) mass is 251 g/mol.